The van der Waals surface area contributed by atoms with Crippen molar-refractivity contribution in [3.8, 4) is 5.75 Å². The van der Waals surface area contributed by atoms with Crippen molar-refractivity contribution < 1.29 is 18.3 Å². The lowest BCUT2D eigenvalue weighted by atomic mass is 9.92. The summed E-state index contributed by atoms with van der Waals surface area (Å²) >= 11 is 6.30. The summed E-state index contributed by atoms with van der Waals surface area (Å²) in [7, 11) is -0.933. The Hall–Kier alpha value is -3.39. The fraction of sp³-hybridized carbons (Fsp3) is 0.115. The van der Waals surface area contributed by atoms with Gasteiger partial charge in [-0.25, -0.2) is 12.7 Å². The van der Waals surface area contributed by atoms with Gasteiger partial charge in [0.15, 0.2) is 0 Å². The first-order chi connectivity index (χ1) is 16.2. The van der Waals surface area contributed by atoms with Crippen molar-refractivity contribution in [2.45, 2.75) is 10.9 Å². The number of carbonyl (C=O) groups is 1. The highest BCUT2D eigenvalue weighted by molar-refractivity contribution is 7.89. The Bertz CT molecular complexity index is 1470. The summed E-state index contributed by atoms with van der Waals surface area (Å²) in [6.07, 6.45) is 0. The number of amides is 1. The maximum atomic E-state index is 13.4. The van der Waals surface area contributed by atoms with Crippen molar-refractivity contribution >= 4 is 38.3 Å². The molecule has 0 radical (unpaired) electrons. The Balaban J connectivity index is 1.83. The minimum atomic E-state index is -3.76. The molecule has 4 aromatic rings. The van der Waals surface area contributed by atoms with E-state index in [2.05, 4.69) is 5.32 Å². The van der Waals surface area contributed by atoms with Crippen molar-refractivity contribution in [1.82, 2.24) is 9.62 Å². The van der Waals surface area contributed by atoms with Crippen LogP contribution in [0.25, 0.3) is 10.8 Å². The molecule has 1 atom stereocenters. The van der Waals surface area contributed by atoms with Crippen LogP contribution in [-0.4, -0.2) is 37.8 Å². The maximum absolute atomic E-state index is 13.4. The monoisotopic (exact) mass is 494 g/mol. The maximum Gasteiger partial charge on any atom is 0.253 e. The smallest absolute Gasteiger partial charge is 0.253 e. The quantitative estimate of drug-likeness (QED) is 0.396. The summed E-state index contributed by atoms with van der Waals surface area (Å²) in [5.74, 6) is -0.537. The molecule has 2 N–H and O–H groups in total. The number of hydrogen-bond acceptors (Lipinski definition) is 4. The number of nitrogens with zero attached hydrogens (tertiary/aromatic N) is 1. The number of rotatable bonds is 6. The predicted octanol–water partition coefficient (Wildman–Crippen LogP) is 4.97. The van der Waals surface area contributed by atoms with Gasteiger partial charge in [-0.2, -0.15) is 0 Å². The first kappa shape index (κ1) is 23.8. The molecule has 4 rings (SSSR count). The molecular weight excluding hydrogens is 472 g/mol. The number of fused-ring (bicyclic) bond motifs is 1. The number of sulfonamides is 1. The highest BCUT2D eigenvalue weighted by atomic mass is 35.5. The molecule has 0 saturated heterocycles. The Morgan fingerprint density at radius 2 is 1.62 bits per heavy atom. The molecule has 4 aromatic carbocycles. The van der Waals surface area contributed by atoms with Crippen LogP contribution in [0, 0.1) is 0 Å². The molecule has 6 nitrogen and oxygen atoms in total. The van der Waals surface area contributed by atoms with Gasteiger partial charge in [0.05, 0.1) is 21.5 Å². The van der Waals surface area contributed by atoms with Crippen molar-refractivity contribution in [3.63, 3.8) is 0 Å². The first-order valence-electron chi connectivity index (χ1n) is 10.5. The fourth-order valence-corrected chi connectivity index (χ4v) is 4.95. The molecule has 0 fully saturated rings. The summed E-state index contributed by atoms with van der Waals surface area (Å²) in [5, 5.41) is 15.6. The van der Waals surface area contributed by atoms with Gasteiger partial charge in [-0.3, -0.25) is 4.79 Å². The lowest BCUT2D eigenvalue weighted by Crippen LogP contribution is -2.30. The number of halogens is 1. The second-order valence-electron chi connectivity index (χ2n) is 7.97. The van der Waals surface area contributed by atoms with Crippen LogP contribution in [0.1, 0.15) is 27.5 Å². The lowest BCUT2D eigenvalue weighted by molar-refractivity contribution is 0.0943. The molecule has 174 valence electrons. The molecule has 1 unspecified atom stereocenters. The summed E-state index contributed by atoms with van der Waals surface area (Å²) in [6.45, 7) is 0. The second kappa shape index (κ2) is 9.46. The number of carbonyl (C=O) groups excluding carboxylic acids is 1. The van der Waals surface area contributed by atoms with Crippen LogP contribution < -0.4 is 5.32 Å². The molecule has 0 bridgehead atoms. The third-order valence-electron chi connectivity index (χ3n) is 5.61. The van der Waals surface area contributed by atoms with Gasteiger partial charge < -0.3 is 10.4 Å². The number of benzene rings is 4. The minimum Gasteiger partial charge on any atom is -0.508 e. The summed E-state index contributed by atoms with van der Waals surface area (Å²) < 4.78 is 26.3. The van der Waals surface area contributed by atoms with Gasteiger partial charge in [-0.05, 0) is 40.6 Å². The molecule has 0 aromatic heterocycles. The highest BCUT2D eigenvalue weighted by Crippen LogP contribution is 2.36. The molecule has 0 saturated carbocycles. The van der Waals surface area contributed by atoms with E-state index in [-0.39, 0.29) is 21.2 Å². The third kappa shape index (κ3) is 4.50. The third-order valence-corrected chi connectivity index (χ3v) is 7.75. The van der Waals surface area contributed by atoms with Crippen molar-refractivity contribution in [2.24, 2.45) is 0 Å². The van der Waals surface area contributed by atoms with Gasteiger partial charge in [0.1, 0.15) is 5.75 Å². The predicted molar refractivity (Wildman–Crippen MR) is 134 cm³/mol. The van der Waals surface area contributed by atoms with Gasteiger partial charge in [0.25, 0.3) is 5.91 Å². The number of nitrogens with one attached hydrogen (secondary N) is 1. The van der Waals surface area contributed by atoms with E-state index in [1.807, 2.05) is 60.7 Å². The average Bonchev–Trinajstić information content (AvgIpc) is 2.83. The van der Waals surface area contributed by atoms with E-state index >= 15 is 0 Å². The topological polar surface area (TPSA) is 86.7 Å². The minimum absolute atomic E-state index is 0.0187. The summed E-state index contributed by atoms with van der Waals surface area (Å²) in [5.41, 5.74) is 1.30. The molecule has 0 aliphatic carbocycles. The first-order valence-corrected chi connectivity index (χ1v) is 12.3. The van der Waals surface area contributed by atoms with E-state index in [4.69, 9.17) is 11.6 Å². The van der Waals surface area contributed by atoms with Crippen molar-refractivity contribution in [3.05, 3.63) is 107 Å². The molecule has 0 heterocycles. The van der Waals surface area contributed by atoms with Gasteiger partial charge in [-0.15, -0.1) is 0 Å². The SMILES string of the molecule is CN(C)S(=O)(=O)c1ccc(Cl)c(C(=O)NC(c2ccccc2)c2c(O)ccc3ccccc23)c1. The second-order valence-corrected chi connectivity index (χ2v) is 10.5. The number of hydrogen-bond donors (Lipinski definition) is 2. The molecule has 0 aliphatic rings. The van der Waals surface area contributed by atoms with E-state index in [0.29, 0.717) is 5.56 Å². The number of phenols is 1. The van der Waals surface area contributed by atoms with Gasteiger partial charge in [0, 0.05) is 19.7 Å². The van der Waals surface area contributed by atoms with Crippen LogP contribution in [0.5, 0.6) is 5.75 Å². The van der Waals surface area contributed by atoms with Crippen LogP contribution in [0.2, 0.25) is 5.02 Å². The Morgan fingerprint density at radius 3 is 2.32 bits per heavy atom. The van der Waals surface area contributed by atoms with E-state index in [9.17, 15) is 18.3 Å². The lowest BCUT2D eigenvalue weighted by Gasteiger charge is -2.23. The molecule has 0 aliphatic heterocycles. The Labute approximate surface area is 203 Å². The van der Waals surface area contributed by atoms with E-state index in [1.54, 1.807) is 6.07 Å². The number of phenolic OH excluding ortho intramolecular Hbond substituents is 1. The standard InChI is InChI=1S/C26H23ClN2O4S/c1-29(2)34(32,33)19-13-14-22(27)21(16-19)26(31)28-25(18-9-4-3-5-10-18)24-20-11-7-6-8-17(20)12-15-23(24)30/h3-16,25,30H,1-2H3,(H,28,31). The van der Waals surface area contributed by atoms with Crippen molar-refractivity contribution in [1.29, 1.82) is 0 Å². The van der Waals surface area contributed by atoms with E-state index in [1.165, 1.54) is 32.3 Å². The average molecular weight is 495 g/mol. The molecule has 8 heteroatoms. The van der Waals surface area contributed by atoms with Crippen LogP contribution in [0.4, 0.5) is 0 Å². The Morgan fingerprint density at radius 1 is 0.941 bits per heavy atom. The zero-order valence-electron chi connectivity index (χ0n) is 18.6. The summed E-state index contributed by atoms with van der Waals surface area (Å²) in [4.78, 5) is 13.4. The zero-order valence-corrected chi connectivity index (χ0v) is 20.1. The van der Waals surface area contributed by atoms with Gasteiger partial charge in [0.2, 0.25) is 10.0 Å². The summed E-state index contributed by atoms with van der Waals surface area (Å²) in [6, 6.07) is 23.5. The molecule has 34 heavy (non-hydrogen) atoms. The Kier molecular flexibility index (Phi) is 6.61. The van der Waals surface area contributed by atoms with Crippen molar-refractivity contribution in [2.75, 3.05) is 14.1 Å². The van der Waals surface area contributed by atoms with Gasteiger partial charge >= 0.3 is 0 Å². The van der Waals surface area contributed by atoms with Crippen LogP contribution in [0.3, 0.4) is 0 Å². The molecule has 1 amide bonds. The van der Waals surface area contributed by atoms with Gasteiger partial charge in [-0.1, -0.05) is 72.3 Å². The van der Waals surface area contributed by atoms with E-state index < -0.39 is 22.0 Å². The highest BCUT2D eigenvalue weighted by Gasteiger charge is 2.26. The number of aromatic hydroxyl groups is 1. The van der Waals surface area contributed by atoms with Crippen LogP contribution >= 0.6 is 11.6 Å². The zero-order chi connectivity index (χ0) is 24.5. The molecule has 0 spiro atoms. The fourth-order valence-electron chi connectivity index (χ4n) is 3.81. The van der Waals surface area contributed by atoms with Crippen LogP contribution in [0.15, 0.2) is 89.8 Å². The largest absolute Gasteiger partial charge is 0.508 e. The van der Waals surface area contributed by atoms with E-state index in [0.717, 1.165) is 20.6 Å². The normalized spacial score (nSPS) is 12.6. The van der Waals surface area contributed by atoms with Crippen LogP contribution in [-0.2, 0) is 10.0 Å². The molecular formula is C26H23ClN2O4S.